The highest BCUT2D eigenvalue weighted by Gasteiger charge is 2.26. The molecule has 4 N–H and O–H groups in total. The minimum atomic E-state index is -0.404. The first-order valence-electron chi connectivity index (χ1n) is 7.50. The number of primary amides is 1. The number of para-hydroxylation sites is 1. The Balaban J connectivity index is 2.04. The molecule has 0 radical (unpaired) electrons. The van der Waals surface area contributed by atoms with Crippen LogP contribution >= 0.6 is 0 Å². The van der Waals surface area contributed by atoms with Gasteiger partial charge >= 0.3 is 0 Å². The van der Waals surface area contributed by atoms with Crippen molar-refractivity contribution in [2.45, 2.75) is 38.6 Å². The van der Waals surface area contributed by atoms with Crippen molar-refractivity contribution in [3.05, 3.63) is 29.8 Å². The van der Waals surface area contributed by atoms with E-state index in [2.05, 4.69) is 17.6 Å². The number of amides is 2. The zero-order valence-electron chi connectivity index (χ0n) is 12.4. The summed E-state index contributed by atoms with van der Waals surface area (Å²) in [7, 11) is 0. The van der Waals surface area contributed by atoms with Crippen LogP contribution in [0.1, 0.15) is 31.7 Å². The van der Waals surface area contributed by atoms with Crippen LogP contribution in [0, 0.1) is 5.92 Å². The molecule has 1 aliphatic rings. The Morgan fingerprint density at radius 2 is 2.14 bits per heavy atom. The van der Waals surface area contributed by atoms with Crippen molar-refractivity contribution >= 4 is 17.5 Å². The van der Waals surface area contributed by atoms with Gasteiger partial charge in [0, 0.05) is 5.69 Å². The predicted octanol–water partition coefficient (Wildman–Crippen LogP) is 1.43. The minimum absolute atomic E-state index is 0.0370. The van der Waals surface area contributed by atoms with Gasteiger partial charge in [-0.15, -0.1) is 0 Å². The van der Waals surface area contributed by atoms with Gasteiger partial charge in [-0.2, -0.15) is 0 Å². The molecule has 2 amide bonds. The van der Waals surface area contributed by atoms with Crippen LogP contribution in [-0.2, 0) is 16.0 Å². The summed E-state index contributed by atoms with van der Waals surface area (Å²) in [6.07, 6.45) is 3.22. The number of carbonyl (C=O) groups excluding carboxylic acids is 2. The monoisotopic (exact) mass is 289 g/mol. The summed E-state index contributed by atoms with van der Waals surface area (Å²) in [5.74, 6) is 0.159. The number of benzene rings is 1. The second kappa shape index (κ2) is 7.22. The van der Waals surface area contributed by atoms with E-state index < -0.39 is 5.91 Å². The molecule has 1 aromatic rings. The summed E-state index contributed by atoms with van der Waals surface area (Å²) in [4.78, 5) is 23.5. The average molecular weight is 289 g/mol. The van der Waals surface area contributed by atoms with Crippen molar-refractivity contribution in [3.63, 3.8) is 0 Å². The normalized spacial score (nSPS) is 21.8. The van der Waals surface area contributed by atoms with Gasteiger partial charge in [0.2, 0.25) is 11.8 Å². The lowest BCUT2D eigenvalue weighted by Gasteiger charge is -2.29. The van der Waals surface area contributed by atoms with E-state index in [4.69, 9.17) is 5.73 Å². The molecule has 0 spiro atoms. The highest BCUT2D eigenvalue weighted by molar-refractivity contribution is 5.96. The number of anilines is 1. The molecule has 114 valence electrons. The Labute approximate surface area is 125 Å². The first-order chi connectivity index (χ1) is 10.1. The number of rotatable bonds is 5. The SMILES string of the molecule is CCC1CCNC(C(=O)Nc2ccccc2CC(N)=O)C1. The number of carbonyl (C=O) groups is 2. The summed E-state index contributed by atoms with van der Waals surface area (Å²) < 4.78 is 0. The molecule has 0 aliphatic carbocycles. The van der Waals surface area contributed by atoms with Crippen LogP contribution in [0.2, 0.25) is 0 Å². The van der Waals surface area contributed by atoms with Crippen LogP contribution in [0.15, 0.2) is 24.3 Å². The van der Waals surface area contributed by atoms with E-state index in [1.807, 2.05) is 18.2 Å². The van der Waals surface area contributed by atoms with Gasteiger partial charge < -0.3 is 16.4 Å². The van der Waals surface area contributed by atoms with Gasteiger partial charge in [0.25, 0.3) is 0 Å². The smallest absolute Gasteiger partial charge is 0.241 e. The van der Waals surface area contributed by atoms with Crippen molar-refractivity contribution in [2.75, 3.05) is 11.9 Å². The molecule has 2 rings (SSSR count). The van der Waals surface area contributed by atoms with E-state index in [-0.39, 0.29) is 18.4 Å². The fraction of sp³-hybridized carbons (Fsp3) is 0.500. The Bertz CT molecular complexity index is 516. The van der Waals surface area contributed by atoms with Crippen LogP contribution in [0.25, 0.3) is 0 Å². The summed E-state index contributed by atoms with van der Waals surface area (Å²) in [5, 5.41) is 6.18. The maximum absolute atomic E-state index is 12.4. The topological polar surface area (TPSA) is 84.2 Å². The second-order valence-corrected chi connectivity index (χ2v) is 5.59. The molecule has 2 atom stereocenters. The van der Waals surface area contributed by atoms with Crippen LogP contribution < -0.4 is 16.4 Å². The fourth-order valence-electron chi connectivity index (χ4n) is 2.77. The molecule has 1 saturated heterocycles. The van der Waals surface area contributed by atoms with Crippen LogP contribution in [0.3, 0.4) is 0 Å². The van der Waals surface area contributed by atoms with E-state index >= 15 is 0 Å². The van der Waals surface area contributed by atoms with Crippen molar-refractivity contribution in [3.8, 4) is 0 Å². The van der Waals surface area contributed by atoms with Gasteiger partial charge in [-0.25, -0.2) is 0 Å². The number of piperidine rings is 1. The third-order valence-electron chi connectivity index (χ3n) is 4.05. The maximum Gasteiger partial charge on any atom is 0.241 e. The quantitative estimate of drug-likeness (QED) is 0.766. The van der Waals surface area contributed by atoms with E-state index in [1.165, 1.54) is 0 Å². The van der Waals surface area contributed by atoms with Crippen LogP contribution in [-0.4, -0.2) is 24.4 Å². The van der Waals surface area contributed by atoms with E-state index in [0.29, 0.717) is 11.6 Å². The molecule has 5 nitrogen and oxygen atoms in total. The molecule has 2 unspecified atom stereocenters. The molecule has 1 aliphatic heterocycles. The molecule has 1 heterocycles. The molecular formula is C16H23N3O2. The van der Waals surface area contributed by atoms with E-state index in [9.17, 15) is 9.59 Å². The zero-order valence-corrected chi connectivity index (χ0v) is 12.4. The summed E-state index contributed by atoms with van der Waals surface area (Å²) in [6, 6.07) is 7.12. The number of nitrogens with two attached hydrogens (primary N) is 1. The number of hydrogen-bond acceptors (Lipinski definition) is 3. The molecule has 21 heavy (non-hydrogen) atoms. The maximum atomic E-state index is 12.4. The van der Waals surface area contributed by atoms with Crippen LogP contribution in [0.4, 0.5) is 5.69 Å². The van der Waals surface area contributed by atoms with Crippen molar-refractivity contribution in [2.24, 2.45) is 11.7 Å². The lowest BCUT2D eigenvalue weighted by Crippen LogP contribution is -2.46. The Morgan fingerprint density at radius 1 is 1.38 bits per heavy atom. The third kappa shape index (κ3) is 4.29. The molecule has 0 saturated carbocycles. The summed E-state index contributed by atoms with van der Waals surface area (Å²) >= 11 is 0. The minimum Gasteiger partial charge on any atom is -0.369 e. The van der Waals surface area contributed by atoms with Gasteiger partial charge in [0.1, 0.15) is 0 Å². The van der Waals surface area contributed by atoms with Gasteiger partial charge in [0.15, 0.2) is 0 Å². The average Bonchev–Trinajstić information content (AvgIpc) is 2.48. The molecule has 0 bridgehead atoms. The Hall–Kier alpha value is -1.88. The van der Waals surface area contributed by atoms with Gasteiger partial charge in [-0.3, -0.25) is 9.59 Å². The molecule has 1 aromatic carbocycles. The molecule has 1 fully saturated rings. The number of hydrogen-bond donors (Lipinski definition) is 3. The van der Waals surface area contributed by atoms with Crippen molar-refractivity contribution < 1.29 is 9.59 Å². The summed E-state index contributed by atoms with van der Waals surface area (Å²) in [5.41, 5.74) is 6.66. The first-order valence-corrected chi connectivity index (χ1v) is 7.50. The highest BCUT2D eigenvalue weighted by atomic mass is 16.2. The van der Waals surface area contributed by atoms with Crippen molar-refractivity contribution in [1.82, 2.24) is 5.32 Å². The lowest BCUT2D eigenvalue weighted by molar-refractivity contribution is -0.119. The largest absolute Gasteiger partial charge is 0.369 e. The molecule has 5 heteroatoms. The Kier molecular flexibility index (Phi) is 5.33. The Morgan fingerprint density at radius 3 is 2.86 bits per heavy atom. The molecule has 0 aromatic heterocycles. The fourth-order valence-corrected chi connectivity index (χ4v) is 2.77. The third-order valence-corrected chi connectivity index (χ3v) is 4.05. The van der Waals surface area contributed by atoms with Gasteiger partial charge in [-0.05, 0) is 36.9 Å². The van der Waals surface area contributed by atoms with Crippen LogP contribution in [0.5, 0.6) is 0 Å². The number of nitrogens with one attached hydrogen (secondary N) is 2. The highest BCUT2D eigenvalue weighted by Crippen LogP contribution is 2.21. The van der Waals surface area contributed by atoms with E-state index in [1.54, 1.807) is 6.07 Å². The first kappa shape index (κ1) is 15.5. The lowest BCUT2D eigenvalue weighted by atomic mass is 9.90. The predicted molar refractivity (Wildman–Crippen MR) is 82.8 cm³/mol. The molecular weight excluding hydrogens is 266 g/mol. The zero-order chi connectivity index (χ0) is 15.2. The van der Waals surface area contributed by atoms with E-state index in [0.717, 1.165) is 31.4 Å². The second-order valence-electron chi connectivity index (χ2n) is 5.59. The van der Waals surface area contributed by atoms with Crippen molar-refractivity contribution in [1.29, 1.82) is 0 Å². The van der Waals surface area contributed by atoms with Gasteiger partial charge in [0.05, 0.1) is 12.5 Å². The standard InChI is InChI=1S/C16H23N3O2/c1-2-11-7-8-18-14(9-11)16(21)19-13-6-4-3-5-12(13)10-15(17)20/h3-6,11,14,18H,2,7-10H2,1H3,(H2,17,20)(H,19,21). The van der Waals surface area contributed by atoms with Gasteiger partial charge in [-0.1, -0.05) is 31.5 Å². The summed E-state index contributed by atoms with van der Waals surface area (Å²) in [6.45, 7) is 3.03.